The van der Waals surface area contributed by atoms with Crippen molar-refractivity contribution in [2.75, 3.05) is 11.9 Å². The van der Waals surface area contributed by atoms with Crippen LogP contribution in [-0.2, 0) is 4.79 Å². The molecule has 0 saturated carbocycles. The largest absolute Gasteiger partial charge is 0.444 e. The van der Waals surface area contributed by atoms with Crippen molar-refractivity contribution < 1.29 is 9.21 Å². The highest BCUT2D eigenvalue weighted by atomic mass is 16.3. The van der Waals surface area contributed by atoms with Crippen LogP contribution in [0.1, 0.15) is 24.1 Å². The Balaban J connectivity index is 2.18. The van der Waals surface area contributed by atoms with E-state index in [0.29, 0.717) is 25.3 Å². The minimum Gasteiger partial charge on any atom is -0.444 e. The van der Waals surface area contributed by atoms with Crippen molar-refractivity contribution in [2.45, 2.75) is 26.7 Å². The van der Waals surface area contributed by atoms with Gasteiger partial charge in [-0.05, 0) is 44.5 Å². The summed E-state index contributed by atoms with van der Waals surface area (Å²) >= 11 is 0. The molecule has 0 fully saturated rings. The van der Waals surface area contributed by atoms with Crippen molar-refractivity contribution in [3.05, 3.63) is 35.7 Å². The maximum atomic E-state index is 11.8. The first-order valence-electron chi connectivity index (χ1n) is 6.63. The molecule has 1 amide bonds. The van der Waals surface area contributed by atoms with Gasteiger partial charge in [-0.15, -0.1) is 0 Å². The molecule has 1 aromatic carbocycles. The van der Waals surface area contributed by atoms with Crippen molar-refractivity contribution in [3.8, 4) is 11.5 Å². The van der Waals surface area contributed by atoms with Gasteiger partial charge in [-0.1, -0.05) is 6.07 Å². The summed E-state index contributed by atoms with van der Waals surface area (Å²) in [4.78, 5) is 16.1. The SMILES string of the molecule is Cc1coc(-c2ccc(C)c(NC(=O)CCCN)c2)n1. The van der Waals surface area contributed by atoms with Crippen LogP contribution in [0.25, 0.3) is 11.5 Å². The van der Waals surface area contributed by atoms with Crippen LogP contribution in [0, 0.1) is 13.8 Å². The highest BCUT2D eigenvalue weighted by molar-refractivity contribution is 5.92. The van der Waals surface area contributed by atoms with Crippen LogP contribution in [0.15, 0.2) is 28.9 Å². The molecule has 1 aromatic heterocycles. The topological polar surface area (TPSA) is 81.2 Å². The number of carbonyl (C=O) groups excluding carboxylic acids is 1. The molecular weight excluding hydrogens is 254 g/mol. The quantitative estimate of drug-likeness (QED) is 0.877. The molecule has 5 nitrogen and oxygen atoms in total. The number of aryl methyl sites for hydroxylation is 2. The van der Waals surface area contributed by atoms with E-state index in [-0.39, 0.29) is 5.91 Å². The highest BCUT2D eigenvalue weighted by Crippen LogP contribution is 2.25. The molecule has 2 aromatic rings. The highest BCUT2D eigenvalue weighted by Gasteiger charge is 2.09. The lowest BCUT2D eigenvalue weighted by atomic mass is 10.1. The number of benzene rings is 1. The van der Waals surface area contributed by atoms with Gasteiger partial charge in [0.15, 0.2) is 0 Å². The van der Waals surface area contributed by atoms with E-state index >= 15 is 0 Å². The number of hydrogen-bond donors (Lipinski definition) is 2. The maximum absolute atomic E-state index is 11.8. The third-order valence-electron chi connectivity index (χ3n) is 2.99. The molecule has 20 heavy (non-hydrogen) atoms. The molecule has 0 unspecified atom stereocenters. The fourth-order valence-electron chi connectivity index (χ4n) is 1.85. The Morgan fingerprint density at radius 3 is 2.85 bits per heavy atom. The Bertz CT molecular complexity index is 605. The standard InChI is InChI=1S/C15H19N3O2/c1-10-5-6-12(15-17-11(2)9-20-15)8-13(10)18-14(19)4-3-7-16/h5-6,8-9H,3-4,7,16H2,1-2H3,(H,18,19). The zero-order chi connectivity index (χ0) is 14.5. The first-order valence-corrected chi connectivity index (χ1v) is 6.63. The van der Waals surface area contributed by atoms with E-state index in [9.17, 15) is 4.79 Å². The summed E-state index contributed by atoms with van der Waals surface area (Å²) in [6.07, 6.45) is 2.72. The summed E-state index contributed by atoms with van der Waals surface area (Å²) in [5, 5.41) is 2.90. The molecule has 0 saturated heterocycles. The Morgan fingerprint density at radius 2 is 2.20 bits per heavy atom. The summed E-state index contributed by atoms with van der Waals surface area (Å²) in [5.41, 5.74) is 8.85. The van der Waals surface area contributed by atoms with Gasteiger partial charge >= 0.3 is 0 Å². The molecule has 0 atom stereocenters. The fraction of sp³-hybridized carbons (Fsp3) is 0.333. The molecule has 0 radical (unpaired) electrons. The van der Waals surface area contributed by atoms with Crippen molar-refractivity contribution in [1.82, 2.24) is 4.98 Å². The van der Waals surface area contributed by atoms with E-state index in [0.717, 1.165) is 22.5 Å². The number of anilines is 1. The van der Waals surface area contributed by atoms with Crippen molar-refractivity contribution >= 4 is 11.6 Å². The second kappa shape index (κ2) is 6.34. The third-order valence-corrected chi connectivity index (χ3v) is 2.99. The molecule has 5 heteroatoms. The van der Waals surface area contributed by atoms with E-state index < -0.39 is 0 Å². The first-order chi connectivity index (χ1) is 9.60. The average molecular weight is 273 g/mol. The number of nitrogens with one attached hydrogen (secondary N) is 1. The van der Waals surface area contributed by atoms with Gasteiger partial charge in [0.05, 0.1) is 5.69 Å². The van der Waals surface area contributed by atoms with E-state index in [4.69, 9.17) is 10.2 Å². The van der Waals surface area contributed by atoms with Crippen LogP contribution in [0.4, 0.5) is 5.69 Å². The van der Waals surface area contributed by atoms with Gasteiger partial charge in [0.25, 0.3) is 0 Å². The van der Waals surface area contributed by atoms with Crippen LogP contribution >= 0.6 is 0 Å². The van der Waals surface area contributed by atoms with Gasteiger partial charge in [-0.25, -0.2) is 4.98 Å². The number of oxazole rings is 1. The summed E-state index contributed by atoms with van der Waals surface area (Å²) in [7, 11) is 0. The first kappa shape index (κ1) is 14.3. The fourth-order valence-corrected chi connectivity index (χ4v) is 1.85. The minimum atomic E-state index is -0.0284. The van der Waals surface area contributed by atoms with E-state index in [2.05, 4.69) is 10.3 Å². The van der Waals surface area contributed by atoms with Gasteiger partial charge < -0.3 is 15.5 Å². The second-order valence-corrected chi connectivity index (χ2v) is 4.76. The monoisotopic (exact) mass is 273 g/mol. The molecule has 2 rings (SSSR count). The average Bonchev–Trinajstić information content (AvgIpc) is 2.85. The van der Waals surface area contributed by atoms with Crippen LogP contribution in [0.2, 0.25) is 0 Å². The normalized spacial score (nSPS) is 10.6. The minimum absolute atomic E-state index is 0.0284. The predicted molar refractivity (Wildman–Crippen MR) is 78.3 cm³/mol. The molecular formula is C15H19N3O2. The van der Waals surface area contributed by atoms with Crippen molar-refractivity contribution in [3.63, 3.8) is 0 Å². The number of hydrogen-bond acceptors (Lipinski definition) is 4. The lowest BCUT2D eigenvalue weighted by molar-refractivity contribution is -0.116. The summed E-state index contributed by atoms with van der Waals surface area (Å²) in [6, 6.07) is 5.74. The Labute approximate surface area is 118 Å². The molecule has 0 aliphatic heterocycles. The lowest BCUT2D eigenvalue weighted by Gasteiger charge is -2.09. The molecule has 0 aliphatic rings. The number of amides is 1. The Morgan fingerprint density at radius 1 is 1.40 bits per heavy atom. The van der Waals surface area contributed by atoms with E-state index in [1.807, 2.05) is 32.0 Å². The molecule has 1 heterocycles. The van der Waals surface area contributed by atoms with Crippen LogP contribution < -0.4 is 11.1 Å². The van der Waals surface area contributed by atoms with Gasteiger partial charge in [-0.2, -0.15) is 0 Å². The molecule has 0 bridgehead atoms. The van der Waals surface area contributed by atoms with E-state index in [1.165, 1.54) is 0 Å². The van der Waals surface area contributed by atoms with Crippen LogP contribution in [-0.4, -0.2) is 17.4 Å². The number of nitrogens with zero attached hydrogens (tertiary/aromatic N) is 1. The second-order valence-electron chi connectivity index (χ2n) is 4.76. The van der Waals surface area contributed by atoms with Gasteiger partial charge in [0.1, 0.15) is 6.26 Å². The lowest BCUT2D eigenvalue weighted by Crippen LogP contribution is -2.14. The smallest absolute Gasteiger partial charge is 0.226 e. The third kappa shape index (κ3) is 3.45. The zero-order valence-electron chi connectivity index (χ0n) is 11.8. The molecule has 106 valence electrons. The maximum Gasteiger partial charge on any atom is 0.226 e. The Kier molecular flexibility index (Phi) is 4.53. The Hall–Kier alpha value is -2.14. The van der Waals surface area contributed by atoms with Crippen LogP contribution in [0.3, 0.4) is 0 Å². The van der Waals surface area contributed by atoms with Crippen molar-refractivity contribution in [2.24, 2.45) is 5.73 Å². The van der Waals surface area contributed by atoms with E-state index in [1.54, 1.807) is 6.26 Å². The molecule has 3 N–H and O–H groups in total. The van der Waals surface area contributed by atoms with Gasteiger partial charge in [0.2, 0.25) is 11.8 Å². The zero-order valence-corrected chi connectivity index (χ0v) is 11.8. The summed E-state index contributed by atoms with van der Waals surface area (Å²) < 4.78 is 5.37. The number of aromatic nitrogens is 1. The summed E-state index contributed by atoms with van der Waals surface area (Å²) in [6.45, 7) is 4.34. The predicted octanol–water partition coefficient (Wildman–Crippen LogP) is 2.64. The number of rotatable bonds is 5. The molecule has 0 spiro atoms. The van der Waals surface area contributed by atoms with Crippen molar-refractivity contribution in [1.29, 1.82) is 0 Å². The number of carbonyl (C=O) groups is 1. The van der Waals surface area contributed by atoms with Gasteiger partial charge in [0, 0.05) is 17.7 Å². The number of nitrogens with two attached hydrogens (primary N) is 1. The molecule has 0 aliphatic carbocycles. The van der Waals surface area contributed by atoms with Gasteiger partial charge in [-0.3, -0.25) is 4.79 Å². The van der Waals surface area contributed by atoms with Crippen LogP contribution in [0.5, 0.6) is 0 Å². The summed E-state index contributed by atoms with van der Waals surface area (Å²) in [5.74, 6) is 0.527.